The zero-order chi connectivity index (χ0) is 23.1. The number of ether oxygens (including phenoxy) is 2. The summed E-state index contributed by atoms with van der Waals surface area (Å²) in [5, 5.41) is 8.95. The van der Waals surface area contributed by atoms with Crippen molar-refractivity contribution in [2.45, 2.75) is 77.0 Å². The van der Waals surface area contributed by atoms with Crippen LogP contribution in [0.25, 0.3) is 10.2 Å². The molecule has 8 nitrogen and oxygen atoms in total. The van der Waals surface area contributed by atoms with Gasteiger partial charge < -0.3 is 14.8 Å². The van der Waals surface area contributed by atoms with Crippen LogP contribution in [0.4, 0.5) is 11.6 Å². The summed E-state index contributed by atoms with van der Waals surface area (Å²) in [7, 11) is 0. The maximum absolute atomic E-state index is 6.66. The lowest BCUT2D eigenvalue weighted by molar-refractivity contribution is -0.00124. The van der Waals surface area contributed by atoms with Crippen molar-refractivity contribution in [2.75, 3.05) is 31.6 Å². The van der Waals surface area contributed by atoms with Crippen LogP contribution in [-0.2, 0) is 17.6 Å². The first-order chi connectivity index (χ1) is 16.6. The minimum atomic E-state index is 0.212. The molecule has 2 aliphatic carbocycles. The fourth-order valence-corrected chi connectivity index (χ4v) is 6.80. The van der Waals surface area contributed by atoms with Crippen LogP contribution < -0.4 is 10.1 Å². The van der Waals surface area contributed by atoms with Gasteiger partial charge in [0.25, 0.3) is 0 Å². The molecule has 1 aliphatic heterocycles. The van der Waals surface area contributed by atoms with Crippen molar-refractivity contribution in [3.63, 3.8) is 0 Å². The Hall–Kier alpha value is -2.23. The number of aromatic nitrogens is 4. The van der Waals surface area contributed by atoms with Crippen molar-refractivity contribution in [3.8, 4) is 5.88 Å². The van der Waals surface area contributed by atoms with E-state index >= 15 is 0 Å². The van der Waals surface area contributed by atoms with Crippen LogP contribution in [0, 0.1) is 0 Å². The number of aryl methyl sites for hydroxylation is 2. The zero-order valence-corrected chi connectivity index (χ0v) is 20.9. The molecule has 3 aromatic heterocycles. The minimum absolute atomic E-state index is 0.212. The Morgan fingerprint density at radius 1 is 1.12 bits per heavy atom. The van der Waals surface area contributed by atoms with Gasteiger partial charge in [-0.3, -0.25) is 9.58 Å². The maximum atomic E-state index is 6.66. The molecular formula is C25H34N6O2S. The van der Waals surface area contributed by atoms with Crippen molar-refractivity contribution in [1.29, 1.82) is 0 Å². The van der Waals surface area contributed by atoms with Gasteiger partial charge in [0.05, 0.1) is 30.5 Å². The average molecular weight is 483 g/mol. The molecule has 0 spiro atoms. The topological polar surface area (TPSA) is 77.3 Å². The van der Waals surface area contributed by atoms with Gasteiger partial charge in [0.1, 0.15) is 10.9 Å². The van der Waals surface area contributed by atoms with Gasteiger partial charge in [-0.15, -0.1) is 11.3 Å². The lowest BCUT2D eigenvalue weighted by atomic mass is 9.91. The third-order valence-corrected chi connectivity index (χ3v) is 8.59. The van der Waals surface area contributed by atoms with E-state index in [1.807, 2.05) is 17.1 Å². The summed E-state index contributed by atoms with van der Waals surface area (Å²) in [4.78, 5) is 14.9. The number of hydrogen-bond acceptors (Lipinski definition) is 8. The Morgan fingerprint density at radius 3 is 2.71 bits per heavy atom. The number of nitrogens with one attached hydrogen (secondary N) is 1. The normalized spacial score (nSPS) is 23.5. The molecule has 182 valence electrons. The highest BCUT2D eigenvalue weighted by Crippen LogP contribution is 2.42. The van der Waals surface area contributed by atoms with Crippen LogP contribution in [0.1, 0.15) is 62.4 Å². The fraction of sp³-hybridized carbons (Fsp3) is 0.640. The van der Waals surface area contributed by atoms with E-state index in [-0.39, 0.29) is 6.10 Å². The van der Waals surface area contributed by atoms with Crippen molar-refractivity contribution < 1.29 is 9.47 Å². The largest absolute Gasteiger partial charge is 0.474 e. The van der Waals surface area contributed by atoms with E-state index in [4.69, 9.17) is 19.4 Å². The summed E-state index contributed by atoms with van der Waals surface area (Å²) in [5.74, 6) is 1.35. The number of morpholine rings is 1. The van der Waals surface area contributed by atoms with Crippen LogP contribution in [0.3, 0.4) is 0 Å². The van der Waals surface area contributed by atoms with Crippen LogP contribution >= 0.6 is 11.3 Å². The Balaban J connectivity index is 1.23. The molecule has 1 saturated heterocycles. The van der Waals surface area contributed by atoms with E-state index in [2.05, 4.69) is 29.2 Å². The second-order valence-corrected chi connectivity index (χ2v) is 11.1. The molecule has 1 saturated carbocycles. The van der Waals surface area contributed by atoms with Crippen molar-refractivity contribution in [3.05, 3.63) is 22.8 Å². The van der Waals surface area contributed by atoms with Gasteiger partial charge in [0.15, 0.2) is 0 Å². The fourth-order valence-electron chi connectivity index (χ4n) is 5.55. The molecule has 4 heterocycles. The maximum Gasteiger partial charge on any atom is 0.232 e. The van der Waals surface area contributed by atoms with E-state index in [9.17, 15) is 0 Å². The lowest BCUT2D eigenvalue weighted by Gasteiger charge is -2.38. The van der Waals surface area contributed by atoms with Gasteiger partial charge in [-0.25, -0.2) is 4.98 Å². The van der Waals surface area contributed by atoms with Crippen molar-refractivity contribution in [1.82, 2.24) is 24.6 Å². The second-order valence-electron chi connectivity index (χ2n) is 10.0. The Bertz CT molecular complexity index is 1140. The Morgan fingerprint density at radius 2 is 1.94 bits per heavy atom. The van der Waals surface area contributed by atoms with Gasteiger partial charge >= 0.3 is 0 Å². The number of rotatable bonds is 6. The van der Waals surface area contributed by atoms with Gasteiger partial charge in [-0.05, 0) is 64.4 Å². The first-order valence-corrected chi connectivity index (χ1v) is 13.6. The molecule has 0 atom stereocenters. The third-order valence-electron chi connectivity index (χ3n) is 7.40. The number of nitrogens with zero attached hydrogens (tertiary/aromatic N) is 5. The van der Waals surface area contributed by atoms with Gasteiger partial charge in [0, 0.05) is 36.2 Å². The van der Waals surface area contributed by atoms with Gasteiger partial charge in [0.2, 0.25) is 11.8 Å². The summed E-state index contributed by atoms with van der Waals surface area (Å²) >= 11 is 1.81. The highest BCUT2D eigenvalue weighted by Gasteiger charge is 2.30. The molecule has 3 aliphatic rings. The summed E-state index contributed by atoms with van der Waals surface area (Å²) in [6.07, 6.45) is 12.0. The molecule has 0 aromatic carbocycles. The van der Waals surface area contributed by atoms with Crippen molar-refractivity contribution >= 4 is 33.2 Å². The monoisotopic (exact) mass is 482 g/mol. The number of fused-ring (bicyclic) bond motifs is 3. The molecule has 0 amide bonds. The van der Waals surface area contributed by atoms with Crippen LogP contribution in [-0.4, -0.2) is 63.1 Å². The van der Waals surface area contributed by atoms with Gasteiger partial charge in [-0.2, -0.15) is 10.1 Å². The SMILES string of the molecule is CC(C)n1cc(Nc2nc(OC3CCC(N4CCOCC4)CC3)c3c4c(sc3n2)CCC4)cn1. The molecule has 0 radical (unpaired) electrons. The molecule has 0 bridgehead atoms. The molecule has 9 heteroatoms. The lowest BCUT2D eigenvalue weighted by Crippen LogP contribution is -2.46. The first-order valence-electron chi connectivity index (χ1n) is 12.8. The highest BCUT2D eigenvalue weighted by molar-refractivity contribution is 7.19. The Kier molecular flexibility index (Phi) is 6.17. The third kappa shape index (κ3) is 4.41. The minimum Gasteiger partial charge on any atom is -0.474 e. The smallest absolute Gasteiger partial charge is 0.232 e. The summed E-state index contributed by atoms with van der Waals surface area (Å²) in [6.45, 7) is 8.09. The predicted molar refractivity (Wildman–Crippen MR) is 134 cm³/mol. The van der Waals surface area contributed by atoms with Crippen LogP contribution in [0.15, 0.2) is 12.4 Å². The summed E-state index contributed by atoms with van der Waals surface area (Å²) in [6, 6.07) is 0.972. The molecule has 3 aromatic rings. The summed E-state index contributed by atoms with van der Waals surface area (Å²) in [5.41, 5.74) is 2.31. The van der Waals surface area contributed by atoms with E-state index in [0.717, 1.165) is 73.8 Å². The van der Waals surface area contributed by atoms with Gasteiger partial charge in [-0.1, -0.05) is 0 Å². The summed E-state index contributed by atoms with van der Waals surface area (Å²) < 4.78 is 14.1. The first kappa shape index (κ1) is 22.2. The van der Waals surface area contributed by atoms with E-state index < -0.39 is 0 Å². The Labute approximate surface area is 204 Å². The molecule has 0 unspecified atom stereocenters. The van der Waals surface area contributed by atoms with E-state index in [0.29, 0.717) is 18.0 Å². The predicted octanol–water partition coefficient (Wildman–Crippen LogP) is 4.72. The molecule has 34 heavy (non-hydrogen) atoms. The molecule has 2 fully saturated rings. The molecular weight excluding hydrogens is 448 g/mol. The van der Waals surface area contributed by atoms with Crippen LogP contribution in [0.5, 0.6) is 5.88 Å². The van der Waals surface area contributed by atoms with Crippen molar-refractivity contribution in [2.24, 2.45) is 0 Å². The highest BCUT2D eigenvalue weighted by atomic mass is 32.1. The van der Waals surface area contributed by atoms with E-state index in [1.165, 1.54) is 29.7 Å². The molecule has 1 N–H and O–H groups in total. The number of hydrogen-bond donors (Lipinski definition) is 1. The number of thiophene rings is 1. The van der Waals surface area contributed by atoms with Crippen LogP contribution in [0.2, 0.25) is 0 Å². The number of anilines is 2. The zero-order valence-electron chi connectivity index (χ0n) is 20.1. The standard InChI is InChI=1S/C25H34N6O2S/c1-16(2)31-15-17(14-26-31)27-25-28-23(22-20-4-3-5-21(20)34-24(22)29-25)33-19-8-6-18(7-9-19)30-10-12-32-13-11-30/h14-16,18-19H,3-13H2,1-2H3,(H,27,28,29). The quantitative estimate of drug-likeness (QED) is 0.545. The van der Waals surface area contributed by atoms with E-state index in [1.54, 1.807) is 11.3 Å². The average Bonchev–Trinajstić information content (AvgIpc) is 3.57. The molecule has 6 rings (SSSR count). The second kappa shape index (κ2) is 9.43.